The number of imidazole rings is 1. The van der Waals surface area contributed by atoms with E-state index in [1.54, 1.807) is 10.6 Å². The van der Waals surface area contributed by atoms with E-state index in [0.29, 0.717) is 11.3 Å². The minimum absolute atomic E-state index is 0.273. The molecule has 0 amide bonds. The molecule has 0 bridgehead atoms. The van der Waals surface area contributed by atoms with Crippen LogP contribution in [-0.2, 0) is 0 Å². The quantitative estimate of drug-likeness (QED) is 0.448. The van der Waals surface area contributed by atoms with Gasteiger partial charge in [0.2, 0.25) is 0 Å². The van der Waals surface area contributed by atoms with E-state index < -0.39 is 4.92 Å². The minimum atomic E-state index is -0.576. The highest BCUT2D eigenvalue weighted by Crippen LogP contribution is 2.38. The molecule has 6 heteroatoms. The van der Waals surface area contributed by atoms with Crippen molar-refractivity contribution < 1.29 is 10.0 Å². The SMILES string of the molecule is O=[N+]([O-])c1c(O)ccc2nc(-c3ccccc3)n(-c3ccccc3)c12. The Morgan fingerprint density at radius 1 is 0.920 bits per heavy atom. The summed E-state index contributed by atoms with van der Waals surface area (Å²) in [7, 11) is 0. The molecular weight excluding hydrogens is 318 g/mol. The van der Waals surface area contributed by atoms with Crippen LogP contribution in [0.3, 0.4) is 0 Å². The number of nitro groups is 1. The van der Waals surface area contributed by atoms with Crippen LogP contribution in [0.2, 0.25) is 0 Å². The van der Waals surface area contributed by atoms with E-state index in [-0.39, 0.29) is 17.0 Å². The normalized spacial score (nSPS) is 10.9. The highest BCUT2D eigenvalue weighted by molar-refractivity contribution is 5.92. The number of rotatable bonds is 3. The number of para-hydroxylation sites is 1. The number of hydrogen-bond donors (Lipinski definition) is 1. The monoisotopic (exact) mass is 331 g/mol. The lowest BCUT2D eigenvalue weighted by molar-refractivity contribution is -0.384. The summed E-state index contributed by atoms with van der Waals surface area (Å²) in [4.78, 5) is 15.6. The first-order chi connectivity index (χ1) is 12.2. The molecule has 3 aromatic carbocycles. The average molecular weight is 331 g/mol. The van der Waals surface area contributed by atoms with Crippen LogP contribution in [0, 0.1) is 10.1 Å². The Morgan fingerprint density at radius 2 is 1.56 bits per heavy atom. The summed E-state index contributed by atoms with van der Waals surface area (Å²) >= 11 is 0. The predicted octanol–water partition coefficient (Wildman–Crippen LogP) is 4.31. The number of hydrogen-bond acceptors (Lipinski definition) is 4. The minimum Gasteiger partial charge on any atom is -0.502 e. The lowest BCUT2D eigenvalue weighted by atomic mass is 10.2. The van der Waals surface area contributed by atoms with Gasteiger partial charge in [-0.15, -0.1) is 0 Å². The van der Waals surface area contributed by atoms with Gasteiger partial charge >= 0.3 is 5.69 Å². The van der Waals surface area contributed by atoms with Crippen LogP contribution < -0.4 is 0 Å². The third-order valence-corrected chi connectivity index (χ3v) is 4.00. The smallest absolute Gasteiger partial charge is 0.336 e. The maximum Gasteiger partial charge on any atom is 0.336 e. The van der Waals surface area contributed by atoms with Crippen molar-refractivity contribution in [2.24, 2.45) is 0 Å². The van der Waals surface area contributed by atoms with Crippen LogP contribution in [0.15, 0.2) is 72.8 Å². The van der Waals surface area contributed by atoms with Gasteiger partial charge in [-0.05, 0) is 24.3 Å². The van der Waals surface area contributed by atoms with Gasteiger partial charge in [0.25, 0.3) is 0 Å². The second-order valence-corrected chi connectivity index (χ2v) is 5.53. The summed E-state index contributed by atoms with van der Waals surface area (Å²) in [6.07, 6.45) is 0. The molecule has 0 atom stereocenters. The van der Waals surface area contributed by atoms with Crippen LogP contribution in [0.1, 0.15) is 0 Å². The van der Waals surface area contributed by atoms with Crippen LogP contribution in [-0.4, -0.2) is 19.6 Å². The molecule has 0 aliphatic carbocycles. The van der Waals surface area contributed by atoms with E-state index in [9.17, 15) is 15.2 Å². The molecule has 4 rings (SSSR count). The second-order valence-electron chi connectivity index (χ2n) is 5.53. The van der Waals surface area contributed by atoms with E-state index in [0.717, 1.165) is 11.3 Å². The van der Waals surface area contributed by atoms with Crippen molar-refractivity contribution in [2.45, 2.75) is 0 Å². The van der Waals surface area contributed by atoms with Gasteiger partial charge in [0, 0.05) is 11.3 Å². The molecule has 1 aromatic heterocycles. The molecule has 0 aliphatic heterocycles. The molecular formula is C19H13N3O3. The number of aromatic hydroxyl groups is 1. The molecule has 6 nitrogen and oxygen atoms in total. The zero-order valence-corrected chi connectivity index (χ0v) is 13.0. The van der Waals surface area contributed by atoms with Crippen LogP contribution >= 0.6 is 0 Å². The summed E-state index contributed by atoms with van der Waals surface area (Å²) in [6.45, 7) is 0. The Labute approximate surface area is 142 Å². The Hall–Kier alpha value is -3.67. The fourth-order valence-electron chi connectivity index (χ4n) is 2.93. The first-order valence-electron chi connectivity index (χ1n) is 7.66. The van der Waals surface area contributed by atoms with Crippen molar-refractivity contribution in [1.82, 2.24) is 9.55 Å². The summed E-state index contributed by atoms with van der Waals surface area (Å²) < 4.78 is 1.71. The van der Waals surface area contributed by atoms with Crippen LogP contribution in [0.25, 0.3) is 28.1 Å². The molecule has 1 heterocycles. The van der Waals surface area contributed by atoms with Crippen molar-refractivity contribution in [3.8, 4) is 22.8 Å². The largest absolute Gasteiger partial charge is 0.502 e. The molecule has 1 N–H and O–H groups in total. The van der Waals surface area contributed by atoms with Gasteiger partial charge in [0.1, 0.15) is 5.82 Å². The maximum atomic E-state index is 11.6. The van der Waals surface area contributed by atoms with Gasteiger partial charge in [-0.2, -0.15) is 0 Å². The van der Waals surface area contributed by atoms with E-state index >= 15 is 0 Å². The topological polar surface area (TPSA) is 81.2 Å². The van der Waals surface area contributed by atoms with Crippen LogP contribution in [0.5, 0.6) is 5.75 Å². The first kappa shape index (κ1) is 14.9. The summed E-state index contributed by atoms with van der Waals surface area (Å²) in [5, 5.41) is 21.6. The van der Waals surface area contributed by atoms with Gasteiger partial charge in [-0.3, -0.25) is 14.7 Å². The molecule has 0 aliphatic rings. The Balaban J connectivity index is 2.17. The number of aromatic nitrogens is 2. The number of nitro benzene ring substituents is 1. The van der Waals surface area contributed by atoms with Crippen molar-refractivity contribution in [1.29, 1.82) is 0 Å². The zero-order chi connectivity index (χ0) is 17.4. The van der Waals surface area contributed by atoms with Gasteiger partial charge in [-0.25, -0.2) is 4.98 Å². The van der Waals surface area contributed by atoms with Crippen molar-refractivity contribution >= 4 is 16.7 Å². The molecule has 0 saturated heterocycles. The molecule has 4 aromatic rings. The van der Waals surface area contributed by atoms with Crippen molar-refractivity contribution in [2.75, 3.05) is 0 Å². The van der Waals surface area contributed by atoms with E-state index in [1.807, 2.05) is 60.7 Å². The molecule has 0 radical (unpaired) electrons. The molecule has 25 heavy (non-hydrogen) atoms. The lowest BCUT2D eigenvalue weighted by Gasteiger charge is -2.09. The molecule has 0 saturated carbocycles. The van der Waals surface area contributed by atoms with Crippen molar-refractivity contribution in [3.05, 3.63) is 82.9 Å². The number of fused-ring (bicyclic) bond motifs is 1. The maximum absolute atomic E-state index is 11.6. The van der Waals surface area contributed by atoms with E-state index in [2.05, 4.69) is 4.98 Å². The van der Waals surface area contributed by atoms with Gasteiger partial charge < -0.3 is 5.11 Å². The molecule has 122 valence electrons. The fraction of sp³-hybridized carbons (Fsp3) is 0. The summed E-state index contributed by atoms with van der Waals surface area (Å²) in [5.74, 6) is 0.199. The lowest BCUT2D eigenvalue weighted by Crippen LogP contribution is -2.00. The standard InChI is InChI=1S/C19H13N3O3/c23-16-12-11-15-17(18(16)22(24)25)21(14-9-5-2-6-10-14)19(20-15)13-7-3-1-4-8-13/h1-12,23H. The summed E-state index contributed by atoms with van der Waals surface area (Å²) in [5.41, 5.74) is 1.94. The molecule has 0 fully saturated rings. The van der Waals surface area contributed by atoms with Gasteiger partial charge in [0.15, 0.2) is 11.3 Å². The van der Waals surface area contributed by atoms with E-state index in [4.69, 9.17) is 0 Å². The number of benzene rings is 3. The first-order valence-corrected chi connectivity index (χ1v) is 7.66. The van der Waals surface area contributed by atoms with E-state index in [1.165, 1.54) is 6.07 Å². The van der Waals surface area contributed by atoms with Gasteiger partial charge in [-0.1, -0.05) is 48.5 Å². The average Bonchev–Trinajstić information content (AvgIpc) is 3.02. The highest BCUT2D eigenvalue weighted by atomic mass is 16.6. The fourth-order valence-corrected chi connectivity index (χ4v) is 2.93. The number of phenolic OH excluding ortho intramolecular Hbond substituents is 1. The molecule has 0 spiro atoms. The third-order valence-electron chi connectivity index (χ3n) is 4.00. The Bertz CT molecular complexity index is 1070. The third kappa shape index (κ3) is 2.40. The van der Waals surface area contributed by atoms with Gasteiger partial charge in [0.05, 0.1) is 10.4 Å². The number of phenols is 1. The predicted molar refractivity (Wildman–Crippen MR) is 94.8 cm³/mol. The zero-order valence-electron chi connectivity index (χ0n) is 13.0. The number of nitrogens with zero attached hydrogens (tertiary/aromatic N) is 3. The Kier molecular flexibility index (Phi) is 3.43. The Morgan fingerprint density at radius 3 is 2.20 bits per heavy atom. The summed E-state index contributed by atoms with van der Waals surface area (Å²) in [6, 6.07) is 21.6. The second kappa shape index (κ2) is 5.76. The highest BCUT2D eigenvalue weighted by Gasteiger charge is 2.26. The van der Waals surface area contributed by atoms with Crippen LogP contribution in [0.4, 0.5) is 5.69 Å². The molecule has 0 unspecified atom stereocenters. The van der Waals surface area contributed by atoms with Crippen molar-refractivity contribution in [3.63, 3.8) is 0 Å².